The lowest BCUT2D eigenvalue weighted by Crippen LogP contribution is -2.31. The molecule has 2 atom stereocenters. The first-order chi connectivity index (χ1) is 8.32. The van der Waals surface area contributed by atoms with Crippen molar-refractivity contribution in [2.24, 2.45) is 5.92 Å². The van der Waals surface area contributed by atoms with E-state index in [4.69, 9.17) is 4.74 Å². The van der Waals surface area contributed by atoms with Crippen molar-refractivity contribution in [1.82, 2.24) is 0 Å². The quantitative estimate of drug-likeness (QED) is 0.726. The van der Waals surface area contributed by atoms with Crippen LogP contribution >= 0.6 is 0 Å². The van der Waals surface area contributed by atoms with Crippen molar-refractivity contribution in [3.8, 4) is 0 Å². The van der Waals surface area contributed by atoms with Crippen LogP contribution < -0.4 is 0 Å². The van der Waals surface area contributed by atoms with Crippen LogP contribution in [0.15, 0.2) is 30.3 Å². The van der Waals surface area contributed by atoms with E-state index in [9.17, 15) is 0 Å². The molecular formula is C15H20NO+. The van der Waals surface area contributed by atoms with Gasteiger partial charge in [-0.1, -0.05) is 30.3 Å². The van der Waals surface area contributed by atoms with E-state index in [-0.39, 0.29) is 5.41 Å². The molecule has 2 unspecified atom stereocenters. The summed E-state index contributed by atoms with van der Waals surface area (Å²) in [5.41, 5.74) is 1.65. The number of hydrogen-bond donors (Lipinski definition) is 0. The first-order valence-corrected chi connectivity index (χ1v) is 6.63. The topological polar surface area (TPSA) is 12.2 Å². The van der Waals surface area contributed by atoms with Gasteiger partial charge in [0.25, 0.3) is 0 Å². The third-order valence-electron chi connectivity index (χ3n) is 4.25. The molecule has 0 aromatic heterocycles. The van der Waals surface area contributed by atoms with Gasteiger partial charge in [-0.3, -0.25) is 0 Å². The van der Waals surface area contributed by atoms with Gasteiger partial charge in [0.05, 0.1) is 6.61 Å². The van der Waals surface area contributed by atoms with E-state index >= 15 is 0 Å². The molecule has 1 saturated heterocycles. The summed E-state index contributed by atoms with van der Waals surface area (Å²) in [4.78, 5) is 0. The van der Waals surface area contributed by atoms with E-state index in [1.807, 2.05) is 0 Å². The van der Waals surface area contributed by atoms with Gasteiger partial charge in [0.1, 0.15) is 18.5 Å². The first kappa shape index (κ1) is 10.8. The van der Waals surface area contributed by atoms with Crippen molar-refractivity contribution >= 4 is 5.90 Å². The van der Waals surface area contributed by atoms with Crippen LogP contribution in [0.4, 0.5) is 0 Å². The third-order valence-corrected chi connectivity index (χ3v) is 4.25. The standard InChI is InChI=1S/C15H20NO/c1-3-16(4-2)14-15(10-13(15)11-17-14)12-8-6-5-7-9-12/h5-9,13H,3-4,10-11H2,1-2H3/q+1. The van der Waals surface area contributed by atoms with E-state index < -0.39 is 0 Å². The lowest BCUT2D eigenvalue weighted by molar-refractivity contribution is -0.530. The number of fused-ring (bicyclic) bond motifs is 1. The molecule has 1 aromatic carbocycles. The third kappa shape index (κ3) is 1.43. The molecule has 0 spiro atoms. The second-order valence-electron chi connectivity index (χ2n) is 5.03. The van der Waals surface area contributed by atoms with E-state index in [1.165, 1.54) is 17.9 Å². The second kappa shape index (κ2) is 3.86. The molecule has 1 heterocycles. The largest absolute Gasteiger partial charge is 0.447 e. The van der Waals surface area contributed by atoms with Crippen molar-refractivity contribution in [2.75, 3.05) is 19.7 Å². The fraction of sp³-hybridized carbons (Fsp3) is 0.533. The van der Waals surface area contributed by atoms with E-state index in [0.29, 0.717) is 5.92 Å². The Balaban J connectivity index is 2.06. The molecule has 2 heteroatoms. The molecule has 17 heavy (non-hydrogen) atoms. The molecule has 2 fully saturated rings. The molecule has 1 saturated carbocycles. The van der Waals surface area contributed by atoms with Crippen LogP contribution in [-0.2, 0) is 10.2 Å². The summed E-state index contributed by atoms with van der Waals surface area (Å²) in [5, 5.41) is 0. The van der Waals surface area contributed by atoms with E-state index in [2.05, 4.69) is 48.8 Å². The van der Waals surface area contributed by atoms with E-state index in [0.717, 1.165) is 19.7 Å². The molecule has 1 aliphatic carbocycles. The van der Waals surface area contributed by atoms with Crippen LogP contribution in [0.1, 0.15) is 25.8 Å². The van der Waals surface area contributed by atoms with Crippen molar-refractivity contribution in [3.05, 3.63) is 35.9 Å². The second-order valence-corrected chi connectivity index (χ2v) is 5.03. The summed E-state index contributed by atoms with van der Waals surface area (Å²) < 4.78 is 8.33. The minimum Gasteiger partial charge on any atom is -0.447 e. The van der Waals surface area contributed by atoms with Crippen LogP contribution in [0.5, 0.6) is 0 Å². The van der Waals surface area contributed by atoms with Crippen molar-refractivity contribution < 1.29 is 9.31 Å². The highest BCUT2D eigenvalue weighted by atomic mass is 16.5. The lowest BCUT2D eigenvalue weighted by atomic mass is 9.94. The van der Waals surface area contributed by atoms with Crippen LogP contribution in [0, 0.1) is 5.92 Å². The van der Waals surface area contributed by atoms with Crippen LogP contribution in [0.25, 0.3) is 0 Å². The Hall–Kier alpha value is -1.31. The molecule has 0 N–H and O–H groups in total. The van der Waals surface area contributed by atoms with Gasteiger partial charge in [0.15, 0.2) is 0 Å². The monoisotopic (exact) mass is 230 g/mol. The Labute approximate surface area is 103 Å². The van der Waals surface area contributed by atoms with Gasteiger partial charge >= 0.3 is 5.90 Å². The summed E-state index contributed by atoms with van der Waals surface area (Å²) in [7, 11) is 0. The summed E-state index contributed by atoms with van der Waals surface area (Å²) in [6.45, 7) is 7.38. The SMILES string of the molecule is CC[N+](CC)=C1OCC2CC12c1ccccc1. The maximum absolute atomic E-state index is 5.96. The zero-order valence-electron chi connectivity index (χ0n) is 10.6. The Morgan fingerprint density at radius 3 is 2.53 bits per heavy atom. The van der Waals surface area contributed by atoms with Gasteiger partial charge in [-0.05, 0) is 25.8 Å². The van der Waals surface area contributed by atoms with Crippen molar-refractivity contribution in [2.45, 2.75) is 25.7 Å². The minimum absolute atomic E-state index is 0.216. The Morgan fingerprint density at radius 1 is 1.24 bits per heavy atom. The molecule has 2 aliphatic rings. The average molecular weight is 230 g/mol. The van der Waals surface area contributed by atoms with E-state index in [1.54, 1.807) is 0 Å². The van der Waals surface area contributed by atoms with Crippen molar-refractivity contribution in [1.29, 1.82) is 0 Å². The van der Waals surface area contributed by atoms with Crippen LogP contribution in [0.3, 0.4) is 0 Å². The fourth-order valence-corrected chi connectivity index (χ4v) is 3.20. The highest BCUT2D eigenvalue weighted by Crippen LogP contribution is 2.59. The predicted molar refractivity (Wildman–Crippen MR) is 68.5 cm³/mol. The average Bonchev–Trinajstić information content (AvgIpc) is 3.02. The number of ether oxygens (including phenoxy) is 1. The predicted octanol–water partition coefficient (Wildman–Crippen LogP) is 2.43. The van der Waals surface area contributed by atoms with Gasteiger partial charge in [-0.15, -0.1) is 0 Å². The summed E-state index contributed by atoms with van der Waals surface area (Å²) in [6, 6.07) is 10.9. The van der Waals surface area contributed by atoms with Crippen LogP contribution in [0.2, 0.25) is 0 Å². The maximum Gasteiger partial charge on any atom is 0.347 e. The Bertz CT molecular complexity index is 445. The van der Waals surface area contributed by atoms with Gasteiger partial charge in [-0.25, -0.2) is 4.58 Å². The lowest BCUT2D eigenvalue weighted by Gasteiger charge is -2.13. The molecular weight excluding hydrogens is 210 g/mol. The van der Waals surface area contributed by atoms with Gasteiger partial charge in [0, 0.05) is 5.92 Å². The molecule has 90 valence electrons. The molecule has 0 bridgehead atoms. The highest BCUT2D eigenvalue weighted by Gasteiger charge is 2.69. The summed E-state index contributed by atoms with van der Waals surface area (Å²) >= 11 is 0. The van der Waals surface area contributed by atoms with Gasteiger partial charge < -0.3 is 4.74 Å². The zero-order valence-corrected chi connectivity index (χ0v) is 10.6. The normalized spacial score (nSPS) is 29.8. The smallest absolute Gasteiger partial charge is 0.347 e. The molecule has 1 aromatic rings. The fourth-order valence-electron chi connectivity index (χ4n) is 3.20. The Morgan fingerprint density at radius 2 is 1.94 bits per heavy atom. The number of rotatable bonds is 3. The number of benzene rings is 1. The summed E-state index contributed by atoms with van der Waals surface area (Å²) in [6.07, 6.45) is 1.27. The number of nitrogens with zero attached hydrogens (tertiary/aromatic N) is 1. The first-order valence-electron chi connectivity index (χ1n) is 6.63. The minimum atomic E-state index is 0.216. The summed E-state index contributed by atoms with van der Waals surface area (Å²) in [5.74, 6) is 1.93. The highest BCUT2D eigenvalue weighted by molar-refractivity contribution is 5.90. The molecule has 2 nitrogen and oxygen atoms in total. The van der Waals surface area contributed by atoms with Crippen LogP contribution in [-0.4, -0.2) is 30.2 Å². The Kier molecular flexibility index (Phi) is 2.46. The molecule has 0 amide bonds. The zero-order chi connectivity index (χ0) is 11.9. The molecule has 3 rings (SSSR count). The molecule has 1 aliphatic heterocycles. The van der Waals surface area contributed by atoms with Gasteiger partial charge in [0.2, 0.25) is 0 Å². The molecule has 0 radical (unpaired) electrons. The van der Waals surface area contributed by atoms with Gasteiger partial charge in [-0.2, -0.15) is 0 Å². The number of hydrogen-bond acceptors (Lipinski definition) is 1. The van der Waals surface area contributed by atoms with Crippen molar-refractivity contribution in [3.63, 3.8) is 0 Å². The maximum atomic E-state index is 5.96.